The fraction of sp³-hybridized carbons (Fsp3) is 0.625. The Balaban J connectivity index is -0.000000500. The van der Waals surface area contributed by atoms with Crippen LogP contribution in [0.3, 0.4) is 0 Å². The van der Waals surface area contributed by atoms with E-state index in [1.807, 2.05) is 0 Å². The van der Waals surface area contributed by atoms with Crippen LogP contribution in [-0.4, -0.2) is 22.0 Å². The third-order valence-corrected chi connectivity index (χ3v) is 1.67. The van der Waals surface area contributed by atoms with E-state index in [4.69, 9.17) is 4.74 Å². The Labute approximate surface area is 105 Å². The largest absolute Gasteiger partial charge is 1.00 e. The Bertz CT molecular complexity index is 162. The van der Waals surface area contributed by atoms with Gasteiger partial charge in [-0.25, -0.2) is 0 Å². The van der Waals surface area contributed by atoms with Crippen LogP contribution in [0.5, 0.6) is 0 Å². The van der Waals surface area contributed by atoms with Gasteiger partial charge in [0.1, 0.15) is 6.26 Å². The number of ether oxygens (including phenoxy) is 2. The average Bonchev–Trinajstić information content (AvgIpc) is 1.85. The zero-order chi connectivity index (χ0) is 8.74. The van der Waals surface area contributed by atoms with Crippen molar-refractivity contribution in [3.05, 3.63) is 17.7 Å². The van der Waals surface area contributed by atoms with E-state index in [2.05, 4.69) is 35.8 Å². The topological polar surface area (TPSA) is 18.5 Å². The molecule has 0 spiro atoms. The molecule has 0 rings (SSSR count). The number of methoxy groups -OCH3 is 1. The van der Waals surface area contributed by atoms with Crippen LogP contribution in [0.2, 0.25) is 19.6 Å². The minimum atomic E-state index is -1.23. The maximum Gasteiger partial charge on any atom is 0.188 e. The molecule has 0 aliphatic heterocycles. The number of hydrogen-bond donors (Lipinski definition) is 0. The summed E-state index contributed by atoms with van der Waals surface area (Å²) in [5.41, 5.74) is 5.98. The van der Waals surface area contributed by atoms with Crippen molar-refractivity contribution >= 4 is 8.07 Å². The van der Waals surface area contributed by atoms with Gasteiger partial charge in [-0.05, 0) is 5.70 Å². The summed E-state index contributed by atoms with van der Waals surface area (Å²) in [5.74, 6) is 0. The smallest absolute Gasteiger partial charge is 0.188 e. The van der Waals surface area contributed by atoms with Crippen molar-refractivity contribution < 1.29 is 45.9 Å². The fourth-order valence-corrected chi connectivity index (χ4v) is 0.882. The van der Waals surface area contributed by atoms with Gasteiger partial charge >= 0.3 is 0 Å². The average molecular weight is 317 g/mol. The van der Waals surface area contributed by atoms with Gasteiger partial charge in [0, 0.05) is 26.6 Å². The molecule has 0 bridgehead atoms. The molecule has 73 valence electrons. The summed E-state index contributed by atoms with van der Waals surface area (Å²) >= 11 is 0. The first kappa shape index (κ1) is 19.2. The van der Waals surface area contributed by atoms with E-state index in [0.29, 0.717) is 0 Å². The molecule has 13 heavy (non-hydrogen) atoms. The predicted molar refractivity (Wildman–Crippen MR) is 47.6 cm³/mol. The Kier molecular flexibility index (Phi) is 15.8. The van der Waals surface area contributed by atoms with Crippen LogP contribution in [0.15, 0.2) is 12.0 Å². The van der Waals surface area contributed by atoms with Gasteiger partial charge in [-0.15, -0.1) is 0 Å². The van der Waals surface area contributed by atoms with Crippen LogP contribution in [0.25, 0.3) is 0 Å². The molecule has 0 fully saturated rings. The summed E-state index contributed by atoms with van der Waals surface area (Å²) in [5, 5.41) is 0. The normalized spacial score (nSPS) is 8.62. The van der Waals surface area contributed by atoms with Crippen LogP contribution < -0.4 is 17.0 Å². The standard InChI is InChI=1S/C8H15O2Si.BrH.Zn/c1-9-8-10-6-5-7-11(2,3)4;;/h6H,8H2,1-4H3;1H;/p-1. The maximum atomic E-state index is 4.88. The third-order valence-electron chi connectivity index (χ3n) is 0.775. The second-order valence-electron chi connectivity index (χ2n) is 3.21. The van der Waals surface area contributed by atoms with Crippen molar-refractivity contribution in [2.75, 3.05) is 13.9 Å². The van der Waals surface area contributed by atoms with Gasteiger partial charge in [0.05, 0.1) is 8.07 Å². The molecular weight excluding hydrogens is 301 g/mol. The minimum Gasteiger partial charge on any atom is -1.00 e. The van der Waals surface area contributed by atoms with Crippen molar-refractivity contribution in [2.24, 2.45) is 0 Å². The minimum absolute atomic E-state index is 0. The van der Waals surface area contributed by atoms with Crippen LogP contribution in [0.4, 0.5) is 0 Å². The molecular formula is C8H15BrO2SiZn-. The van der Waals surface area contributed by atoms with E-state index >= 15 is 0 Å². The first-order chi connectivity index (χ1) is 5.06. The summed E-state index contributed by atoms with van der Waals surface area (Å²) in [6.45, 7) is 6.83. The van der Waals surface area contributed by atoms with Gasteiger partial charge in [0.15, 0.2) is 6.79 Å². The van der Waals surface area contributed by atoms with Crippen LogP contribution >= 0.6 is 0 Å². The Morgan fingerprint density at radius 3 is 2.23 bits per heavy atom. The van der Waals surface area contributed by atoms with Crippen LogP contribution in [0.1, 0.15) is 0 Å². The molecule has 0 N–H and O–H groups in total. The Morgan fingerprint density at radius 2 is 1.85 bits per heavy atom. The van der Waals surface area contributed by atoms with Crippen LogP contribution in [-0.2, 0) is 29.0 Å². The third kappa shape index (κ3) is 19.1. The predicted octanol–water partition coefficient (Wildman–Crippen LogP) is -1.04. The molecule has 0 saturated carbocycles. The van der Waals surface area contributed by atoms with Crippen molar-refractivity contribution in [3.63, 3.8) is 0 Å². The van der Waals surface area contributed by atoms with Crippen molar-refractivity contribution in [1.82, 2.24) is 0 Å². The fourth-order valence-electron chi connectivity index (χ4n) is 0.390. The van der Waals surface area contributed by atoms with E-state index in [1.165, 1.54) is 6.26 Å². The number of halogens is 1. The van der Waals surface area contributed by atoms with Crippen molar-refractivity contribution in [1.29, 1.82) is 0 Å². The molecule has 0 aliphatic rings. The number of hydrogen-bond acceptors (Lipinski definition) is 2. The van der Waals surface area contributed by atoms with E-state index in [-0.39, 0.29) is 43.3 Å². The monoisotopic (exact) mass is 314 g/mol. The summed E-state index contributed by atoms with van der Waals surface area (Å²) in [4.78, 5) is 0. The van der Waals surface area contributed by atoms with Gasteiger partial charge in [-0.3, -0.25) is 0 Å². The molecule has 5 heteroatoms. The molecule has 0 heterocycles. The first-order valence-corrected chi connectivity index (χ1v) is 7.01. The molecule has 0 aromatic carbocycles. The SMILES string of the molecule is COCOC=C=[C][Si](C)(C)C.[Br-].[Zn]. The summed E-state index contributed by atoms with van der Waals surface area (Å²) in [7, 11) is 0.353. The first-order valence-electron chi connectivity index (χ1n) is 3.51. The van der Waals surface area contributed by atoms with E-state index < -0.39 is 8.07 Å². The molecule has 1 radical (unpaired) electrons. The van der Waals surface area contributed by atoms with Crippen molar-refractivity contribution in [3.8, 4) is 0 Å². The molecule has 0 aromatic rings. The maximum absolute atomic E-state index is 4.88. The van der Waals surface area contributed by atoms with Gasteiger partial charge in [-0.1, -0.05) is 25.4 Å². The van der Waals surface area contributed by atoms with Crippen molar-refractivity contribution in [2.45, 2.75) is 19.6 Å². The molecule has 0 atom stereocenters. The van der Waals surface area contributed by atoms with E-state index in [0.717, 1.165) is 0 Å². The summed E-state index contributed by atoms with van der Waals surface area (Å²) in [6, 6.07) is 0. The second-order valence-corrected chi connectivity index (χ2v) is 7.96. The second kappa shape index (κ2) is 10.7. The molecule has 0 aliphatic carbocycles. The van der Waals surface area contributed by atoms with E-state index in [9.17, 15) is 0 Å². The van der Waals surface area contributed by atoms with E-state index in [1.54, 1.807) is 7.11 Å². The van der Waals surface area contributed by atoms with Gasteiger partial charge < -0.3 is 26.5 Å². The molecule has 0 unspecified atom stereocenters. The van der Waals surface area contributed by atoms with Gasteiger partial charge in [0.2, 0.25) is 0 Å². The summed E-state index contributed by atoms with van der Waals surface area (Å²) < 4.78 is 9.54. The number of rotatable bonds is 4. The Morgan fingerprint density at radius 1 is 1.31 bits per heavy atom. The zero-order valence-electron chi connectivity index (χ0n) is 8.69. The summed E-state index contributed by atoms with van der Waals surface area (Å²) in [6.07, 6.45) is 1.49. The quantitative estimate of drug-likeness (QED) is 0.217. The Hall–Kier alpha value is 0.600. The molecule has 0 aromatic heterocycles. The molecule has 2 nitrogen and oxygen atoms in total. The van der Waals surface area contributed by atoms with Gasteiger partial charge in [-0.2, -0.15) is 0 Å². The molecule has 0 saturated heterocycles. The van der Waals surface area contributed by atoms with Crippen LogP contribution in [0, 0.1) is 5.70 Å². The van der Waals surface area contributed by atoms with Gasteiger partial charge in [0.25, 0.3) is 0 Å². The zero-order valence-corrected chi connectivity index (χ0v) is 14.2. The molecule has 0 amide bonds.